The van der Waals surface area contributed by atoms with Crippen LogP contribution in [0.1, 0.15) is 27.7 Å². The minimum absolute atomic E-state index is 0.474. The first-order valence-electron chi connectivity index (χ1n) is 16.4. The third-order valence-corrected chi connectivity index (χ3v) is 10.1. The zero-order valence-electron chi connectivity index (χ0n) is 27.3. The third kappa shape index (κ3) is 4.63. The van der Waals surface area contributed by atoms with Crippen LogP contribution < -0.4 is 5.46 Å². The van der Waals surface area contributed by atoms with E-state index in [2.05, 4.69) is 131 Å². The van der Waals surface area contributed by atoms with E-state index in [0.29, 0.717) is 0 Å². The van der Waals surface area contributed by atoms with Gasteiger partial charge in [-0.15, -0.1) is 0 Å². The molecular formula is C42H33BN2O3. The molecule has 1 aliphatic heterocycles. The molecule has 5 nitrogen and oxygen atoms in total. The largest absolute Gasteiger partial charge is 0.494 e. The summed E-state index contributed by atoms with van der Waals surface area (Å²) >= 11 is 0. The Balaban J connectivity index is 1.27. The minimum Gasteiger partial charge on any atom is -0.455 e. The molecule has 232 valence electrons. The van der Waals surface area contributed by atoms with Crippen LogP contribution in [0, 0.1) is 0 Å². The van der Waals surface area contributed by atoms with Crippen LogP contribution in [0.3, 0.4) is 0 Å². The maximum atomic E-state index is 6.74. The molecule has 48 heavy (non-hydrogen) atoms. The summed E-state index contributed by atoms with van der Waals surface area (Å²) in [5, 5.41) is 4.10. The summed E-state index contributed by atoms with van der Waals surface area (Å²) in [5.74, 6) is 0. The van der Waals surface area contributed by atoms with E-state index in [1.54, 1.807) is 0 Å². The van der Waals surface area contributed by atoms with E-state index < -0.39 is 18.3 Å². The molecule has 3 aromatic heterocycles. The average Bonchev–Trinajstić information content (AvgIpc) is 3.59. The number of nitrogens with zero attached hydrogens (tertiary/aromatic N) is 2. The molecule has 0 bridgehead atoms. The van der Waals surface area contributed by atoms with Crippen LogP contribution in [-0.4, -0.2) is 28.3 Å². The highest BCUT2D eigenvalue weighted by Crippen LogP contribution is 2.40. The van der Waals surface area contributed by atoms with E-state index in [1.165, 1.54) is 0 Å². The molecule has 0 amide bonds. The van der Waals surface area contributed by atoms with Gasteiger partial charge in [-0.2, -0.15) is 0 Å². The van der Waals surface area contributed by atoms with Crippen LogP contribution in [0.4, 0.5) is 0 Å². The second kappa shape index (κ2) is 10.6. The molecular weight excluding hydrogens is 591 g/mol. The minimum atomic E-state index is -0.539. The SMILES string of the molecule is CC1(C)OB(c2cc(-c3ccc4ccc5ccc(-c6ccccc6)nc5c4n3)c3oc4cc(-c5ccccc5)ccc4c3c2)OC1(C)C. The van der Waals surface area contributed by atoms with Crippen molar-refractivity contribution in [2.75, 3.05) is 0 Å². The van der Waals surface area contributed by atoms with E-state index in [9.17, 15) is 0 Å². The third-order valence-electron chi connectivity index (χ3n) is 10.1. The predicted molar refractivity (Wildman–Crippen MR) is 196 cm³/mol. The van der Waals surface area contributed by atoms with Gasteiger partial charge < -0.3 is 13.7 Å². The molecule has 0 unspecified atom stereocenters. The molecule has 4 heterocycles. The van der Waals surface area contributed by atoms with E-state index in [4.69, 9.17) is 23.7 Å². The fourth-order valence-electron chi connectivity index (χ4n) is 6.70. The van der Waals surface area contributed by atoms with Gasteiger partial charge in [0.1, 0.15) is 11.2 Å². The Bertz CT molecular complexity index is 2510. The summed E-state index contributed by atoms with van der Waals surface area (Å²) in [5.41, 5.74) is 9.20. The Morgan fingerprint density at radius 3 is 1.77 bits per heavy atom. The Morgan fingerprint density at radius 2 is 1.10 bits per heavy atom. The zero-order valence-corrected chi connectivity index (χ0v) is 27.3. The second-order valence-corrected chi connectivity index (χ2v) is 13.7. The summed E-state index contributed by atoms with van der Waals surface area (Å²) in [6.07, 6.45) is 0. The molecule has 0 atom stereocenters. The number of aromatic nitrogens is 2. The van der Waals surface area contributed by atoms with Gasteiger partial charge in [-0.1, -0.05) is 97.1 Å². The predicted octanol–water partition coefficient (Wildman–Crippen LogP) is 9.98. The molecule has 5 aromatic carbocycles. The van der Waals surface area contributed by atoms with Crippen molar-refractivity contribution in [2.24, 2.45) is 0 Å². The number of hydrogen-bond acceptors (Lipinski definition) is 5. The van der Waals surface area contributed by atoms with Crippen LogP contribution >= 0.6 is 0 Å². The number of pyridine rings is 2. The normalized spacial score (nSPS) is 15.6. The molecule has 0 aliphatic carbocycles. The van der Waals surface area contributed by atoms with Crippen molar-refractivity contribution in [1.29, 1.82) is 0 Å². The van der Waals surface area contributed by atoms with Gasteiger partial charge in [0, 0.05) is 32.7 Å². The summed E-state index contributed by atoms with van der Waals surface area (Å²) in [6, 6.07) is 44.0. The van der Waals surface area contributed by atoms with Gasteiger partial charge in [0.15, 0.2) is 0 Å². The van der Waals surface area contributed by atoms with Gasteiger partial charge in [0.2, 0.25) is 0 Å². The van der Waals surface area contributed by atoms with Gasteiger partial charge in [-0.05, 0) is 74.6 Å². The molecule has 1 fully saturated rings. The van der Waals surface area contributed by atoms with Crippen LogP contribution in [0.25, 0.3) is 77.4 Å². The van der Waals surface area contributed by atoms with Crippen molar-refractivity contribution in [1.82, 2.24) is 9.97 Å². The monoisotopic (exact) mass is 624 g/mol. The van der Waals surface area contributed by atoms with Crippen molar-refractivity contribution in [3.63, 3.8) is 0 Å². The Hall–Kier alpha value is -5.30. The van der Waals surface area contributed by atoms with Crippen molar-refractivity contribution < 1.29 is 13.7 Å². The van der Waals surface area contributed by atoms with Crippen molar-refractivity contribution in [3.8, 4) is 33.6 Å². The van der Waals surface area contributed by atoms with Crippen LogP contribution in [-0.2, 0) is 9.31 Å². The first-order chi connectivity index (χ1) is 23.2. The molecule has 1 aliphatic rings. The van der Waals surface area contributed by atoms with Gasteiger partial charge in [-0.25, -0.2) is 9.97 Å². The quantitative estimate of drug-likeness (QED) is 0.144. The lowest BCUT2D eigenvalue weighted by molar-refractivity contribution is 0.00578. The van der Waals surface area contributed by atoms with E-state index in [-0.39, 0.29) is 0 Å². The Labute approximate surface area is 279 Å². The number of furan rings is 1. The topological polar surface area (TPSA) is 57.4 Å². The number of fused-ring (bicyclic) bond motifs is 6. The molecule has 6 heteroatoms. The van der Waals surface area contributed by atoms with E-state index in [1.807, 2.05) is 24.3 Å². The summed E-state index contributed by atoms with van der Waals surface area (Å²) in [6.45, 7) is 8.32. The van der Waals surface area contributed by atoms with Gasteiger partial charge in [0.05, 0.1) is 33.6 Å². The van der Waals surface area contributed by atoms with E-state index in [0.717, 1.165) is 82.8 Å². The molecule has 0 spiro atoms. The van der Waals surface area contributed by atoms with Crippen LogP contribution in [0.5, 0.6) is 0 Å². The molecule has 8 aromatic rings. The lowest BCUT2D eigenvalue weighted by Crippen LogP contribution is -2.41. The zero-order chi connectivity index (χ0) is 32.6. The van der Waals surface area contributed by atoms with Gasteiger partial charge in [0.25, 0.3) is 0 Å². The lowest BCUT2D eigenvalue weighted by atomic mass is 9.77. The number of rotatable bonds is 4. The number of hydrogen-bond donors (Lipinski definition) is 0. The molecule has 0 N–H and O–H groups in total. The van der Waals surface area contributed by atoms with Crippen LogP contribution in [0.15, 0.2) is 132 Å². The summed E-state index contributed by atoms with van der Waals surface area (Å²) in [7, 11) is -0.539. The summed E-state index contributed by atoms with van der Waals surface area (Å²) in [4.78, 5) is 10.4. The molecule has 0 saturated carbocycles. The maximum absolute atomic E-state index is 6.74. The first kappa shape index (κ1) is 28.9. The highest BCUT2D eigenvalue weighted by molar-refractivity contribution is 6.62. The smallest absolute Gasteiger partial charge is 0.455 e. The maximum Gasteiger partial charge on any atom is 0.494 e. The van der Waals surface area contributed by atoms with Gasteiger partial charge >= 0.3 is 7.12 Å². The van der Waals surface area contributed by atoms with Crippen molar-refractivity contribution in [2.45, 2.75) is 38.9 Å². The molecule has 0 radical (unpaired) electrons. The van der Waals surface area contributed by atoms with Crippen molar-refractivity contribution >= 4 is 56.3 Å². The second-order valence-electron chi connectivity index (χ2n) is 13.7. The fourth-order valence-corrected chi connectivity index (χ4v) is 6.70. The standard InChI is InChI=1S/C42H33BN2O3/c1-41(2)42(3,4)48-43(47-41)31-24-33-32-20-17-30(26-11-7-5-8-12-26)23-37(32)46-40(33)34(25-31)36-22-19-29-16-15-28-18-21-35(27-13-9-6-10-14-27)44-38(28)39(29)45-36/h5-25H,1-4H3. The average molecular weight is 625 g/mol. The highest BCUT2D eigenvalue weighted by Gasteiger charge is 2.52. The summed E-state index contributed by atoms with van der Waals surface area (Å²) < 4.78 is 19.8. The highest BCUT2D eigenvalue weighted by atomic mass is 16.7. The van der Waals surface area contributed by atoms with Crippen LogP contribution in [0.2, 0.25) is 0 Å². The Kier molecular flexibility index (Phi) is 6.39. The fraction of sp³-hybridized carbons (Fsp3) is 0.143. The first-order valence-corrected chi connectivity index (χ1v) is 16.4. The van der Waals surface area contributed by atoms with Crippen molar-refractivity contribution in [3.05, 3.63) is 127 Å². The molecule has 1 saturated heterocycles. The lowest BCUT2D eigenvalue weighted by Gasteiger charge is -2.32. The van der Waals surface area contributed by atoms with Gasteiger partial charge in [-0.3, -0.25) is 0 Å². The Morgan fingerprint density at radius 1 is 0.521 bits per heavy atom. The van der Waals surface area contributed by atoms with E-state index >= 15 is 0 Å². The number of benzene rings is 5. The molecule has 9 rings (SSSR count).